The fourth-order valence-corrected chi connectivity index (χ4v) is 5.51. The second-order valence-electron chi connectivity index (χ2n) is 10.8. The number of rotatable bonds is 8. The minimum atomic E-state index is -0.841. The van der Waals surface area contributed by atoms with Gasteiger partial charge in [-0.2, -0.15) is 0 Å². The Labute approximate surface area is 224 Å². The standard InChI is InChI=1S/C31H36N4O3/c1-23(2)20-28-29(36)35(22-25-8-6-7-17-32-25)31(30(37)33-28)15-18-34(19-16-31)21-24-11-13-27(14-12-24)38-26-9-4-3-5-10-26/h3-14,17,23,28H,15-16,18-22H2,1-2H3,(H,33,37). The third-order valence-electron chi connectivity index (χ3n) is 7.55. The first-order valence-electron chi connectivity index (χ1n) is 13.5. The van der Waals surface area contributed by atoms with Gasteiger partial charge in [-0.15, -0.1) is 0 Å². The molecular formula is C31H36N4O3. The molecule has 7 heteroatoms. The first-order valence-corrected chi connectivity index (χ1v) is 13.5. The monoisotopic (exact) mass is 512 g/mol. The van der Waals surface area contributed by atoms with Crippen molar-refractivity contribution in [2.45, 2.75) is 57.8 Å². The molecule has 3 aromatic rings. The lowest BCUT2D eigenvalue weighted by atomic mass is 9.80. The van der Waals surface area contributed by atoms with Crippen LogP contribution in [0.15, 0.2) is 79.0 Å². The summed E-state index contributed by atoms with van der Waals surface area (Å²) in [5.41, 5.74) is 1.15. The summed E-state index contributed by atoms with van der Waals surface area (Å²) in [4.78, 5) is 35.9. The highest BCUT2D eigenvalue weighted by atomic mass is 16.5. The number of hydrogen-bond donors (Lipinski definition) is 1. The van der Waals surface area contributed by atoms with E-state index in [-0.39, 0.29) is 11.8 Å². The lowest BCUT2D eigenvalue weighted by molar-refractivity contribution is -0.162. The van der Waals surface area contributed by atoms with Gasteiger partial charge in [0, 0.05) is 25.8 Å². The van der Waals surface area contributed by atoms with Gasteiger partial charge in [0.25, 0.3) is 0 Å². The van der Waals surface area contributed by atoms with E-state index < -0.39 is 11.6 Å². The molecule has 2 aliphatic rings. The zero-order chi connectivity index (χ0) is 26.5. The van der Waals surface area contributed by atoms with Gasteiger partial charge in [-0.05, 0) is 67.1 Å². The number of nitrogens with one attached hydrogen (secondary N) is 1. The van der Waals surface area contributed by atoms with E-state index in [0.717, 1.165) is 36.8 Å². The van der Waals surface area contributed by atoms with Gasteiger partial charge in [-0.1, -0.05) is 50.2 Å². The second-order valence-corrected chi connectivity index (χ2v) is 10.8. The first kappa shape index (κ1) is 25.9. The van der Waals surface area contributed by atoms with Gasteiger partial charge in [0.05, 0.1) is 12.2 Å². The Morgan fingerprint density at radius 1 is 0.921 bits per heavy atom. The van der Waals surface area contributed by atoms with Crippen LogP contribution in [-0.4, -0.2) is 51.3 Å². The second kappa shape index (κ2) is 11.4. The highest BCUT2D eigenvalue weighted by Crippen LogP contribution is 2.35. The van der Waals surface area contributed by atoms with Gasteiger partial charge in [0.1, 0.15) is 23.1 Å². The molecule has 0 saturated carbocycles. The molecule has 2 saturated heterocycles. The number of aromatic nitrogens is 1. The number of para-hydroxylation sites is 1. The molecule has 1 aromatic heterocycles. The number of carbonyl (C=O) groups excluding carboxylic acids is 2. The van der Waals surface area contributed by atoms with E-state index in [0.29, 0.717) is 31.7 Å². The molecule has 0 aliphatic carbocycles. The van der Waals surface area contributed by atoms with Crippen molar-refractivity contribution < 1.29 is 14.3 Å². The van der Waals surface area contributed by atoms with Crippen molar-refractivity contribution in [3.63, 3.8) is 0 Å². The lowest BCUT2D eigenvalue weighted by Crippen LogP contribution is -2.72. The summed E-state index contributed by atoms with van der Waals surface area (Å²) in [5, 5.41) is 3.08. The summed E-state index contributed by atoms with van der Waals surface area (Å²) < 4.78 is 5.91. The molecule has 2 amide bonds. The van der Waals surface area contributed by atoms with Crippen molar-refractivity contribution in [2.24, 2.45) is 5.92 Å². The number of ether oxygens (including phenoxy) is 1. The molecule has 5 rings (SSSR count). The fraction of sp³-hybridized carbons (Fsp3) is 0.387. The maximum absolute atomic E-state index is 13.7. The van der Waals surface area contributed by atoms with Crippen molar-refractivity contribution in [3.05, 3.63) is 90.3 Å². The van der Waals surface area contributed by atoms with Gasteiger partial charge in [0.15, 0.2) is 0 Å². The number of benzene rings is 2. The Balaban J connectivity index is 1.26. The average molecular weight is 513 g/mol. The molecule has 2 aromatic carbocycles. The highest BCUT2D eigenvalue weighted by Gasteiger charge is 2.53. The van der Waals surface area contributed by atoms with Crippen LogP contribution in [0.4, 0.5) is 0 Å². The van der Waals surface area contributed by atoms with Crippen LogP contribution in [-0.2, 0) is 22.7 Å². The Kier molecular flexibility index (Phi) is 7.74. The van der Waals surface area contributed by atoms with Crippen LogP contribution in [0, 0.1) is 5.92 Å². The summed E-state index contributed by atoms with van der Waals surface area (Å²) in [6.07, 6.45) is 3.57. The number of hydrogen-bond acceptors (Lipinski definition) is 5. The highest BCUT2D eigenvalue weighted by molar-refractivity contribution is 6.00. The molecule has 1 N–H and O–H groups in total. The predicted molar refractivity (Wildman–Crippen MR) is 146 cm³/mol. The lowest BCUT2D eigenvalue weighted by Gasteiger charge is -2.51. The van der Waals surface area contributed by atoms with Gasteiger partial charge in [-0.25, -0.2) is 0 Å². The maximum Gasteiger partial charge on any atom is 0.246 e. The van der Waals surface area contributed by atoms with Gasteiger partial charge in [-0.3, -0.25) is 19.5 Å². The fourth-order valence-electron chi connectivity index (χ4n) is 5.51. The van der Waals surface area contributed by atoms with Crippen LogP contribution in [0.2, 0.25) is 0 Å². The molecule has 1 atom stereocenters. The van der Waals surface area contributed by atoms with Crippen LogP contribution < -0.4 is 10.1 Å². The molecule has 3 heterocycles. The van der Waals surface area contributed by atoms with Gasteiger partial charge >= 0.3 is 0 Å². The predicted octanol–water partition coefficient (Wildman–Crippen LogP) is 4.78. The molecule has 198 valence electrons. The van der Waals surface area contributed by atoms with Gasteiger partial charge in [0.2, 0.25) is 11.8 Å². The number of likely N-dealkylation sites (tertiary alicyclic amines) is 1. The Bertz CT molecular complexity index is 1220. The first-order chi connectivity index (χ1) is 18.4. The summed E-state index contributed by atoms with van der Waals surface area (Å²) in [6, 6.07) is 23.1. The van der Waals surface area contributed by atoms with Crippen LogP contribution in [0.3, 0.4) is 0 Å². The quantitative estimate of drug-likeness (QED) is 0.470. The average Bonchev–Trinajstić information content (AvgIpc) is 2.93. The Morgan fingerprint density at radius 2 is 1.61 bits per heavy atom. The number of amides is 2. The minimum absolute atomic E-state index is 0.00593. The van der Waals surface area contributed by atoms with E-state index >= 15 is 0 Å². The van der Waals surface area contributed by atoms with E-state index in [1.54, 1.807) is 6.20 Å². The topological polar surface area (TPSA) is 74.8 Å². The Hall–Kier alpha value is -3.71. The maximum atomic E-state index is 13.7. The van der Waals surface area contributed by atoms with Crippen molar-refractivity contribution in [1.29, 1.82) is 0 Å². The van der Waals surface area contributed by atoms with E-state index in [9.17, 15) is 9.59 Å². The van der Waals surface area contributed by atoms with Gasteiger partial charge < -0.3 is 15.0 Å². The zero-order valence-electron chi connectivity index (χ0n) is 22.2. The normalized spacial score (nSPS) is 19.6. The summed E-state index contributed by atoms with van der Waals surface area (Å²) >= 11 is 0. The smallest absolute Gasteiger partial charge is 0.246 e. The Morgan fingerprint density at radius 3 is 2.26 bits per heavy atom. The van der Waals surface area contributed by atoms with Crippen LogP contribution in [0.1, 0.15) is 44.4 Å². The van der Waals surface area contributed by atoms with E-state index in [2.05, 4.69) is 41.2 Å². The zero-order valence-corrected chi connectivity index (χ0v) is 22.2. The third kappa shape index (κ3) is 5.73. The summed E-state index contributed by atoms with van der Waals surface area (Å²) in [7, 11) is 0. The van der Waals surface area contributed by atoms with Crippen molar-refractivity contribution in [1.82, 2.24) is 20.1 Å². The molecular weight excluding hydrogens is 476 g/mol. The number of piperidine rings is 1. The van der Waals surface area contributed by atoms with Crippen molar-refractivity contribution in [2.75, 3.05) is 13.1 Å². The number of piperazine rings is 1. The molecule has 38 heavy (non-hydrogen) atoms. The van der Waals surface area contributed by atoms with Crippen LogP contribution in [0.25, 0.3) is 0 Å². The minimum Gasteiger partial charge on any atom is -0.457 e. The van der Waals surface area contributed by atoms with E-state index in [1.807, 2.05) is 65.6 Å². The third-order valence-corrected chi connectivity index (χ3v) is 7.55. The molecule has 0 bridgehead atoms. The SMILES string of the molecule is CC(C)CC1NC(=O)C2(CCN(Cc3ccc(Oc4ccccc4)cc3)CC2)N(Cc2ccccn2)C1=O. The molecule has 2 aliphatic heterocycles. The van der Waals surface area contributed by atoms with Crippen molar-refractivity contribution in [3.8, 4) is 11.5 Å². The largest absolute Gasteiger partial charge is 0.457 e. The molecule has 1 spiro atoms. The van der Waals surface area contributed by atoms with E-state index in [1.165, 1.54) is 5.56 Å². The summed E-state index contributed by atoms with van der Waals surface area (Å²) in [6.45, 7) is 6.75. The van der Waals surface area contributed by atoms with Crippen LogP contribution in [0.5, 0.6) is 11.5 Å². The summed E-state index contributed by atoms with van der Waals surface area (Å²) in [5.74, 6) is 1.90. The van der Waals surface area contributed by atoms with E-state index in [4.69, 9.17) is 4.74 Å². The van der Waals surface area contributed by atoms with Crippen molar-refractivity contribution >= 4 is 11.8 Å². The molecule has 2 fully saturated rings. The molecule has 7 nitrogen and oxygen atoms in total. The molecule has 1 unspecified atom stereocenters. The number of nitrogens with zero attached hydrogens (tertiary/aromatic N) is 3. The van der Waals surface area contributed by atoms with Crippen LogP contribution >= 0.6 is 0 Å². The molecule has 0 radical (unpaired) electrons. The number of carbonyl (C=O) groups is 2. The number of pyridine rings is 1.